The number of aryl methyl sites for hydroxylation is 1. The number of thioether (sulfide) groups is 1. The van der Waals surface area contributed by atoms with Crippen LogP contribution in [0.2, 0.25) is 0 Å². The third-order valence-electron chi connectivity index (χ3n) is 2.75. The molecule has 0 radical (unpaired) electrons. The highest BCUT2D eigenvalue weighted by atomic mass is 32.2. The van der Waals surface area contributed by atoms with E-state index in [1.165, 1.54) is 12.1 Å². The summed E-state index contributed by atoms with van der Waals surface area (Å²) in [6.07, 6.45) is 3.73. The van der Waals surface area contributed by atoms with Crippen molar-refractivity contribution in [3.63, 3.8) is 0 Å². The van der Waals surface area contributed by atoms with Crippen LogP contribution in [0.3, 0.4) is 0 Å². The van der Waals surface area contributed by atoms with E-state index in [9.17, 15) is 4.39 Å². The summed E-state index contributed by atoms with van der Waals surface area (Å²) < 4.78 is 14.8. The molecular weight excluding hydrogens is 249 g/mol. The molecule has 2 aromatic rings. The molecule has 0 spiro atoms. The molecule has 0 bridgehead atoms. The molecule has 0 saturated carbocycles. The summed E-state index contributed by atoms with van der Waals surface area (Å²) in [6.45, 7) is 0. The van der Waals surface area contributed by atoms with Crippen molar-refractivity contribution in [1.82, 2.24) is 14.9 Å². The van der Waals surface area contributed by atoms with Crippen LogP contribution >= 0.6 is 11.8 Å². The van der Waals surface area contributed by atoms with Crippen molar-refractivity contribution in [3.8, 4) is 0 Å². The molecule has 3 nitrogen and oxygen atoms in total. The first-order valence-corrected chi connectivity index (χ1v) is 6.72. The molecule has 1 unspecified atom stereocenters. The number of hydrogen-bond donors (Lipinski definition) is 1. The lowest BCUT2D eigenvalue weighted by atomic mass is 10.3. The topological polar surface area (TPSA) is 29.9 Å². The van der Waals surface area contributed by atoms with Crippen molar-refractivity contribution in [2.75, 3.05) is 12.8 Å². The minimum atomic E-state index is -0.200. The molecule has 18 heavy (non-hydrogen) atoms. The summed E-state index contributed by atoms with van der Waals surface area (Å²) >= 11 is 1.69. The largest absolute Gasteiger partial charge is 0.337 e. The van der Waals surface area contributed by atoms with Crippen molar-refractivity contribution in [2.45, 2.75) is 10.9 Å². The number of nitrogens with one attached hydrogen (secondary N) is 1. The van der Waals surface area contributed by atoms with E-state index in [2.05, 4.69) is 10.3 Å². The Kier molecular flexibility index (Phi) is 4.38. The highest BCUT2D eigenvalue weighted by Crippen LogP contribution is 2.23. The number of aromatic nitrogens is 2. The third kappa shape index (κ3) is 3.11. The van der Waals surface area contributed by atoms with Gasteiger partial charge < -0.3 is 9.88 Å². The van der Waals surface area contributed by atoms with E-state index in [1.54, 1.807) is 30.1 Å². The first-order chi connectivity index (χ1) is 8.70. The van der Waals surface area contributed by atoms with E-state index >= 15 is 0 Å². The fraction of sp³-hybridized carbons (Fsp3) is 0.308. The molecule has 0 amide bonds. The van der Waals surface area contributed by atoms with Crippen molar-refractivity contribution in [2.24, 2.45) is 7.05 Å². The zero-order valence-electron chi connectivity index (χ0n) is 10.4. The average molecular weight is 265 g/mol. The van der Waals surface area contributed by atoms with Gasteiger partial charge in [0.25, 0.3) is 0 Å². The lowest BCUT2D eigenvalue weighted by molar-refractivity contribution is 0.593. The first kappa shape index (κ1) is 13.1. The second-order valence-electron chi connectivity index (χ2n) is 4.00. The van der Waals surface area contributed by atoms with E-state index < -0.39 is 0 Å². The van der Waals surface area contributed by atoms with E-state index in [4.69, 9.17) is 0 Å². The van der Waals surface area contributed by atoms with Crippen LogP contribution in [0.5, 0.6) is 0 Å². The molecule has 2 rings (SSSR count). The van der Waals surface area contributed by atoms with Crippen LogP contribution in [0.4, 0.5) is 4.39 Å². The number of benzene rings is 1. The molecule has 0 fully saturated rings. The van der Waals surface area contributed by atoms with Crippen LogP contribution in [-0.2, 0) is 7.05 Å². The van der Waals surface area contributed by atoms with E-state index in [-0.39, 0.29) is 11.9 Å². The second kappa shape index (κ2) is 6.02. The van der Waals surface area contributed by atoms with Gasteiger partial charge in [0.1, 0.15) is 11.6 Å². The van der Waals surface area contributed by atoms with Crippen LogP contribution < -0.4 is 5.32 Å². The number of halogens is 1. The zero-order valence-corrected chi connectivity index (χ0v) is 11.2. The van der Waals surface area contributed by atoms with E-state index in [1.807, 2.05) is 24.9 Å². The van der Waals surface area contributed by atoms with Gasteiger partial charge in [-0.2, -0.15) is 0 Å². The fourth-order valence-electron chi connectivity index (χ4n) is 1.71. The Morgan fingerprint density at radius 1 is 1.39 bits per heavy atom. The fourth-order valence-corrected chi connectivity index (χ4v) is 2.71. The Labute approximate surface area is 110 Å². The molecule has 1 atom stereocenters. The molecule has 0 saturated heterocycles. The predicted octanol–water partition coefficient (Wildman–Crippen LogP) is 2.61. The summed E-state index contributed by atoms with van der Waals surface area (Å²) in [5.74, 6) is 1.66. The lowest BCUT2D eigenvalue weighted by Gasteiger charge is -2.15. The van der Waals surface area contributed by atoms with Crippen molar-refractivity contribution in [3.05, 3.63) is 48.3 Å². The number of imidazole rings is 1. The van der Waals surface area contributed by atoms with Gasteiger partial charge in [-0.15, -0.1) is 11.8 Å². The Balaban J connectivity index is 2.00. The van der Waals surface area contributed by atoms with Crippen molar-refractivity contribution in [1.29, 1.82) is 0 Å². The van der Waals surface area contributed by atoms with E-state index in [0.717, 1.165) is 16.5 Å². The van der Waals surface area contributed by atoms with Gasteiger partial charge in [0.2, 0.25) is 0 Å². The van der Waals surface area contributed by atoms with Crippen LogP contribution in [-0.4, -0.2) is 22.4 Å². The second-order valence-corrected chi connectivity index (χ2v) is 5.10. The zero-order chi connectivity index (χ0) is 13.0. The van der Waals surface area contributed by atoms with Gasteiger partial charge in [-0.3, -0.25) is 0 Å². The minimum Gasteiger partial charge on any atom is -0.337 e. The Morgan fingerprint density at radius 2 is 2.11 bits per heavy atom. The maximum atomic E-state index is 12.8. The van der Waals surface area contributed by atoms with Crippen molar-refractivity contribution >= 4 is 11.8 Å². The SMILES string of the molecule is CNC(CSc1ccc(F)cc1)c1nccn1C. The van der Waals surface area contributed by atoms with Gasteiger partial charge in [-0.05, 0) is 31.3 Å². The summed E-state index contributed by atoms with van der Waals surface area (Å²) in [5, 5.41) is 3.25. The van der Waals surface area contributed by atoms with Gasteiger partial charge in [-0.1, -0.05) is 0 Å². The molecule has 5 heteroatoms. The Bertz CT molecular complexity index is 495. The summed E-state index contributed by atoms with van der Waals surface area (Å²) in [5.41, 5.74) is 0. The number of hydrogen-bond acceptors (Lipinski definition) is 3. The molecule has 1 N–H and O–H groups in total. The Hall–Kier alpha value is -1.33. The number of nitrogens with zero attached hydrogens (tertiary/aromatic N) is 2. The standard InChI is InChI=1S/C13H16FN3S/c1-15-12(13-16-7-8-17(13)2)9-18-11-5-3-10(14)4-6-11/h3-8,12,15H,9H2,1-2H3. The molecule has 96 valence electrons. The molecule has 1 aromatic heterocycles. The maximum Gasteiger partial charge on any atom is 0.126 e. The molecule has 0 aliphatic carbocycles. The highest BCUT2D eigenvalue weighted by Gasteiger charge is 2.13. The minimum absolute atomic E-state index is 0.181. The number of rotatable bonds is 5. The summed E-state index contributed by atoms with van der Waals surface area (Å²) in [7, 11) is 3.90. The van der Waals surface area contributed by atoms with Gasteiger partial charge >= 0.3 is 0 Å². The molecule has 1 aromatic carbocycles. The molecule has 0 aliphatic heterocycles. The summed E-state index contributed by atoms with van der Waals surface area (Å²) in [4.78, 5) is 5.40. The molecule has 1 heterocycles. The highest BCUT2D eigenvalue weighted by molar-refractivity contribution is 7.99. The Morgan fingerprint density at radius 3 is 2.67 bits per heavy atom. The first-order valence-electron chi connectivity index (χ1n) is 5.73. The van der Waals surface area contributed by atoms with Gasteiger partial charge in [-0.25, -0.2) is 9.37 Å². The van der Waals surface area contributed by atoms with Crippen LogP contribution in [0.15, 0.2) is 41.6 Å². The maximum absolute atomic E-state index is 12.8. The summed E-state index contributed by atoms with van der Waals surface area (Å²) in [6, 6.07) is 6.74. The average Bonchev–Trinajstić information content (AvgIpc) is 2.79. The van der Waals surface area contributed by atoms with Gasteiger partial charge in [0, 0.05) is 30.1 Å². The van der Waals surface area contributed by atoms with Gasteiger partial charge in [0.15, 0.2) is 0 Å². The molecular formula is C13H16FN3S. The van der Waals surface area contributed by atoms with Crippen LogP contribution in [0.1, 0.15) is 11.9 Å². The van der Waals surface area contributed by atoms with Crippen molar-refractivity contribution < 1.29 is 4.39 Å². The van der Waals surface area contributed by atoms with E-state index in [0.29, 0.717) is 0 Å². The smallest absolute Gasteiger partial charge is 0.126 e. The predicted molar refractivity (Wildman–Crippen MR) is 72.1 cm³/mol. The van der Waals surface area contributed by atoms with Gasteiger partial charge in [0.05, 0.1) is 6.04 Å². The molecule has 0 aliphatic rings. The quantitative estimate of drug-likeness (QED) is 0.843. The van der Waals surface area contributed by atoms with Crippen LogP contribution in [0.25, 0.3) is 0 Å². The van der Waals surface area contributed by atoms with Crippen LogP contribution in [0, 0.1) is 5.82 Å². The lowest BCUT2D eigenvalue weighted by Crippen LogP contribution is -2.22. The monoisotopic (exact) mass is 265 g/mol. The third-order valence-corrected chi connectivity index (χ3v) is 3.85. The normalized spacial score (nSPS) is 12.6.